The largest absolute Gasteiger partial charge is 0.525 e. The Kier molecular flexibility index (Phi) is 3.92. The van der Waals surface area contributed by atoms with Crippen LogP contribution in [0.1, 0.15) is 39.7 Å². The fourth-order valence-corrected chi connectivity index (χ4v) is 3.55. The quantitative estimate of drug-likeness (QED) is 0.821. The highest BCUT2D eigenvalue weighted by atomic mass is 19.1. The van der Waals surface area contributed by atoms with Gasteiger partial charge in [-0.25, -0.2) is 4.39 Å². The Labute approximate surface area is 154 Å². The van der Waals surface area contributed by atoms with Gasteiger partial charge in [-0.05, 0) is 45.4 Å². The lowest BCUT2D eigenvalue weighted by Gasteiger charge is -2.46. The smallest absolute Gasteiger partial charge is 0.497 e. The molecule has 1 spiro atoms. The minimum absolute atomic E-state index is 0.371. The van der Waals surface area contributed by atoms with Crippen molar-refractivity contribution in [3.63, 3.8) is 0 Å². The van der Waals surface area contributed by atoms with Crippen LogP contribution in [0.5, 0.6) is 11.5 Å². The Morgan fingerprint density at radius 1 is 1.15 bits per heavy atom. The molecular formula is C19H25BFNO4. The molecule has 0 bridgehead atoms. The van der Waals surface area contributed by atoms with Crippen molar-refractivity contribution in [1.82, 2.24) is 5.32 Å². The van der Waals surface area contributed by atoms with Gasteiger partial charge in [-0.2, -0.15) is 0 Å². The zero-order valence-electron chi connectivity index (χ0n) is 15.9. The van der Waals surface area contributed by atoms with Gasteiger partial charge in [0.05, 0.1) is 18.3 Å². The van der Waals surface area contributed by atoms with E-state index in [-0.39, 0.29) is 5.73 Å². The molecule has 0 aliphatic carbocycles. The lowest BCUT2D eigenvalue weighted by atomic mass is 9.76. The van der Waals surface area contributed by atoms with Crippen LogP contribution >= 0.6 is 0 Å². The van der Waals surface area contributed by atoms with Gasteiger partial charge in [-0.1, -0.05) is 0 Å². The third kappa shape index (κ3) is 2.64. The van der Waals surface area contributed by atoms with Crippen LogP contribution in [-0.2, 0) is 9.31 Å². The molecule has 2 saturated heterocycles. The molecule has 5 nitrogen and oxygen atoms in total. The average molecular weight is 361 g/mol. The Hall–Kier alpha value is -1.57. The maximum absolute atomic E-state index is 15.6. The zero-order chi connectivity index (χ0) is 18.7. The van der Waals surface area contributed by atoms with E-state index in [4.69, 9.17) is 18.8 Å². The highest BCUT2D eigenvalue weighted by molar-refractivity contribution is 6.55. The third-order valence-corrected chi connectivity index (χ3v) is 5.98. The summed E-state index contributed by atoms with van der Waals surface area (Å²) in [7, 11) is 0.598. The Morgan fingerprint density at radius 3 is 2.35 bits per heavy atom. The number of nitrogens with one attached hydrogen (secondary N) is 1. The molecule has 0 saturated carbocycles. The first-order valence-electron chi connectivity index (χ1n) is 8.99. The Morgan fingerprint density at radius 2 is 1.81 bits per heavy atom. The van der Waals surface area contributed by atoms with Crippen molar-refractivity contribution in [2.45, 2.75) is 50.9 Å². The van der Waals surface area contributed by atoms with E-state index in [2.05, 4.69) is 5.32 Å². The number of halogens is 1. The van der Waals surface area contributed by atoms with E-state index in [9.17, 15) is 0 Å². The van der Waals surface area contributed by atoms with Crippen LogP contribution in [-0.4, -0.2) is 44.1 Å². The van der Waals surface area contributed by atoms with E-state index in [1.807, 2.05) is 45.9 Å². The summed E-state index contributed by atoms with van der Waals surface area (Å²) in [4.78, 5) is 0. The number of benzene rings is 1. The van der Waals surface area contributed by atoms with Crippen molar-refractivity contribution >= 4 is 12.7 Å². The molecule has 3 heterocycles. The van der Waals surface area contributed by atoms with Crippen molar-refractivity contribution in [1.29, 1.82) is 0 Å². The van der Waals surface area contributed by atoms with Gasteiger partial charge in [0.1, 0.15) is 22.8 Å². The molecule has 2 fully saturated rings. The normalized spacial score (nSPS) is 26.8. The molecule has 0 aromatic heterocycles. The SMILES string of the molecule is COc1ccc2c(c1)OC1(CNC1)CC2=C(F)B1OC(C)(C)C(C)(C)O1. The second-order valence-corrected chi connectivity index (χ2v) is 8.34. The van der Waals surface area contributed by atoms with Crippen LogP contribution in [0.3, 0.4) is 0 Å². The lowest BCUT2D eigenvalue weighted by Crippen LogP contribution is -2.64. The average Bonchev–Trinajstić information content (AvgIpc) is 2.79. The van der Waals surface area contributed by atoms with Gasteiger partial charge in [-0.15, -0.1) is 0 Å². The second-order valence-electron chi connectivity index (χ2n) is 8.34. The molecule has 0 atom stereocenters. The second kappa shape index (κ2) is 5.71. The highest BCUT2D eigenvalue weighted by Gasteiger charge is 2.55. The number of ether oxygens (including phenoxy) is 2. The Bertz CT molecular complexity index is 757. The lowest BCUT2D eigenvalue weighted by molar-refractivity contribution is 0.00578. The Balaban J connectivity index is 1.77. The monoisotopic (exact) mass is 361 g/mol. The summed E-state index contributed by atoms with van der Waals surface area (Å²) in [6, 6.07) is 5.47. The van der Waals surface area contributed by atoms with Crippen molar-refractivity contribution in [2.75, 3.05) is 20.2 Å². The van der Waals surface area contributed by atoms with Gasteiger partial charge in [0.15, 0.2) is 0 Å². The summed E-state index contributed by atoms with van der Waals surface area (Å²) in [5, 5.41) is 3.22. The number of hydrogen-bond donors (Lipinski definition) is 1. The van der Waals surface area contributed by atoms with E-state index in [0.717, 1.165) is 5.56 Å². The van der Waals surface area contributed by atoms with Crippen LogP contribution < -0.4 is 14.8 Å². The number of methoxy groups -OCH3 is 1. The maximum Gasteiger partial charge on any atom is 0.525 e. The fourth-order valence-electron chi connectivity index (χ4n) is 3.55. The molecule has 0 radical (unpaired) electrons. The number of fused-ring (bicyclic) bond motifs is 1. The molecular weight excluding hydrogens is 336 g/mol. The van der Waals surface area contributed by atoms with E-state index in [0.29, 0.717) is 36.6 Å². The molecule has 26 heavy (non-hydrogen) atoms. The van der Waals surface area contributed by atoms with Gasteiger partial charge in [0, 0.05) is 31.1 Å². The first-order valence-corrected chi connectivity index (χ1v) is 8.99. The predicted octanol–water partition coefficient (Wildman–Crippen LogP) is 3.13. The van der Waals surface area contributed by atoms with Crippen molar-refractivity contribution < 1.29 is 23.2 Å². The molecule has 0 amide bonds. The maximum atomic E-state index is 15.6. The topological polar surface area (TPSA) is 49.0 Å². The summed E-state index contributed by atoms with van der Waals surface area (Å²) in [5.74, 6) is 1.32. The summed E-state index contributed by atoms with van der Waals surface area (Å²) in [6.07, 6.45) is 0.481. The highest BCUT2D eigenvalue weighted by Crippen LogP contribution is 2.47. The summed E-state index contributed by atoms with van der Waals surface area (Å²) in [6.45, 7) is 9.06. The number of rotatable bonds is 2. The third-order valence-electron chi connectivity index (χ3n) is 5.98. The molecule has 7 heteroatoms. The molecule has 0 unspecified atom stereocenters. The van der Waals surface area contributed by atoms with Crippen molar-refractivity contribution in [3.05, 3.63) is 29.5 Å². The fraction of sp³-hybridized carbons (Fsp3) is 0.579. The van der Waals surface area contributed by atoms with E-state index in [1.165, 1.54) is 0 Å². The minimum atomic E-state index is -1.01. The van der Waals surface area contributed by atoms with E-state index < -0.39 is 23.9 Å². The van der Waals surface area contributed by atoms with Crippen LogP contribution in [0.4, 0.5) is 4.39 Å². The molecule has 140 valence electrons. The van der Waals surface area contributed by atoms with Crippen LogP contribution in [0.25, 0.3) is 5.57 Å². The van der Waals surface area contributed by atoms with Gasteiger partial charge in [0.2, 0.25) is 0 Å². The molecule has 4 rings (SSSR count). The molecule has 1 aromatic carbocycles. The molecule has 3 aliphatic heterocycles. The predicted molar refractivity (Wildman–Crippen MR) is 97.9 cm³/mol. The molecule has 1 N–H and O–H groups in total. The molecule has 3 aliphatic rings. The van der Waals surface area contributed by atoms with E-state index in [1.54, 1.807) is 7.11 Å². The van der Waals surface area contributed by atoms with Crippen molar-refractivity contribution in [3.8, 4) is 11.5 Å². The van der Waals surface area contributed by atoms with Crippen LogP contribution in [0.2, 0.25) is 0 Å². The van der Waals surface area contributed by atoms with Crippen LogP contribution in [0, 0.1) is 0 Å². The van der Waals surface area contributed by atoms with Gasteiger partial charge >= 0.3 is 7.12 Å². The van der Waals surface area contributed by atoms with Crippen LogP contribution in [0.15, 0.2) is 23.9 Å². The summed E-state index contributed by atoms with van der Waals surface area (Å²) < 4.78 is 38.9. The summed E-state index contributed by atoms with van der Waals surface area (Å²) in [5.41, 5.74) is -0.636. The van der Waals surface area contributed by atoms with Gasteiger partial charge in [0.25, 0.3) is 0 Å². The zero-order valence-corrected chi connectivity index (χ0v) is 15.9. The molecule has 1 aromatic rings. The number of hydrogen-bond acceptors (Lipinski definition) is 5. The van der Waals surface area contributed by atoms with Gasteiger partial charge < -0.3 is 24.1 Å². The minimum Gasteiger partial charge on any atom is -0.497 e. The standard InChI is InChI=1S/C19H25BFNO4/c1-17(2)18(3,4)26-20(25-17)16(21)14-9-19(10-22-11-19)24-15-8-12(23-5)6-7-13(14)15/h6-8,22H,9-11H2,1-5H3. The van der Waals surface area contributed by atoms with Gasteiger partial charge in [-0.3, -0.25) is 0 Å². The first-order chi connectivity index (χ1) is 12.2. The van der Waals surface area contributed by atoms with Crippen molar-refractivity contribution in [2.24, 2.45) is 0 Å². The van der Waals surface area contributed by atoms with E-state index >= 15 is 4.39 Å². The summed E-state index contributed by atoms with van der Waals surface area (Å²) >= 11 is 0. The first kappa shape index (κ1) is 17.8.